The van der Waals surface area contributed by atoms with Crippen LogP contribution in [0.25, 0.3) is 0 Å². The molecule has 92 valence electrons. The number of hydrogen-bond acceptors (Lipinski definition) is 6. The molecule has 0 fully saturated rings. The number of oxime groups is 1. The van der Waals surface area contributed by atoms with Crippen LogP contribution in [0.1, 0.15) is 11.1 Å². The summed E-state index contributed by atoms with van der Waals surface area (Å²) < 4.78 is 25.7. The first kappa shape index (κ1) is 13.7. The van der Waals surface area contributed by atoms with E-state index in [4.69, 9.17) is 10.5 Å². The highest BCUT2D eigenvalue weighted by molar-refractivity contribution is 7.85. The van der Waals surface area contributed by atoms with Gasteiger partial charge < -0.3 is 0 Å². The highest BCUT2D eigenvalue weighted by atomic mass is 32.2. The molecule has 18 heavy (non-hydrogen) atoms. The van der Waals surface area contributed by atoms with Crippen LogP contribution in [0.4, 0.5) is 0 Å². The molecule has 0 bridgehead atoms. The van der Waals surface area contributed by atoms with Crippen molar-refractivity contribution in [3.8, 4) is 12.1 Å². The molecule has 1 aromatic carbocycles. The van der Waals surface area contributed by atoms with Gasteiger partial charge in [0.1, 0.15) is 6.07 Å². The third kappa shape index (κ3) is 4.24. The largest absolute Gasteiger partial charge is 0.325 e. The smallest absolute Gasteiger partial charge is 0.267 e. The number of nitriles is 2. The van der Waals surface area contributed by atoms with E-state index in [9.17, 15) is 8.42 Å². The normalized spacial score (nSPS) is 11.4. The summed E-state index contributed by atoms with van der Waals surface area (Å²) in [6, 6.07) is 10.2. The van der Waals surface area contributed by atoms with Crippen LogP contribution < -0.4 is 0 Å². The first-order chi connectivity index (χ1) is 8.46. The number of hydrogen-bond donors (Lipinski definition) is 0. The van der Waals surface area contributed by atoms with Gasteiger partial charge in [-0.3, -0.25) is 4.28 Å². The number of rotatable bonds is 4. The molecule has 0 spiro atoms. The SMILES string of the molecule is CS(=O)(=O)ON=C(C#N)c1ccc(CC#N)cc1. The Morgan fingerprint density at radius 2 is 1.94 bits per heavy atom. The minimum absolute atomic E-state index is 0.149. The quantitative estimate of drug-likeness (QED) is 0.594. The maximum Gasteiger partial charge on any atom is 0.325 e. The van der Waals surface area contributed by atoms with E-state index in [0.717, 1.165) is 11.8 Å². The fourth-order valence-corrected chi connectivity index (χ4v) is 1.32. The monoisotopic (exact) mass is 263 g/mol. The van der Waals surface area contributed by atoms with Crippen LogP contribution in [-0.4, -0.2) is 20.4 Å². The van der Waals surface area contributed by atoms with Gasteiger partial charge in [-0.15, -0.1) is 0 Å². The lowest BCUT2D eigenvalue weighted by Gasteiger charge is -1.99. The van der Waals surface area contributed by atoms with E-state index in [1.165, 1.54) is 0 Å². The zero-order valence-electron chi connectivity index (χ0n) is 9.49. The summed E-state index contributed by atoms with van der Waals surface area (Å²) in [7, 11) is -3.74. The van der Waals surface area contributed by atoms with E-state index >= 15 is 0 Å². The Bertz CT molecular complexity index is 634. The first-order valence-corrected chi connectivity index (χ1v) is 6.61. The minimum Gasteiger partial charge on any atom is -0.267 e. The van der Waals surface area contributed by atoms with Gasteiger partial charge in [0.2, 0.25) is 0 Å². The second-order valence-electron chi connectivity index (χ2n) is 3.36. The van der Waals surface area contributed by atoms with Crippen molar-refractivity contribution in [2.75, 3.05) is 6.26 Å². The molecule has 0 aliphatic heterocycles. The Balaban J connectivity index is 2.97. The van der Waals surface area contributed by atoms with Crippen LogP contribution in [-0.2, 0) is 20.8 Å². The van der Waals surface area contributed by atoms with Crippen molar-refractivity contribution in [3.05, 3.63) is 35.4 Å². The van der Waals surface area contributed by atoms with Crippen LogP contribution in [0.15, 0.2) is 29.4 Å². The van der Waals surface area contributed by atoms with Crippen molar-refractivity contribution >= 4 is 15.8 Å². The predicted molar refractivity (Wildman–Crippen MR) is 63.8 cm³/mol. The summed E-state index contributed by atoms with van der Waals surface area (Å²) in [5.41, 5.74) is 1.06. The summed E-state index contributed by atoms with van der Waals surface area (Å²) in [4.78, 5) is 0. The molecule has 0 saturated carbocycles. The van der Waals surface area contributed by atoms with Crippen molar-refractivity contribution in [2.24, 2.45) is 5.16 Å². The van der Waals surface area contributed by atoms with Gasteiger partial charge in [0, 0.05) is 5.56 Å². The van der Waals surface area contributed by atoms with Crippen LogP contribution in [0, 0.1) is 22.7 Å². The Morgan fingerprint density at radius 1 is 1.33 bits per heavy atom. The van der Waals surface area contributed by atoms with Gasteiger partial charge in [-0.1, -0.05) is 29.4 Å². The van der Waals surface area contributed by atoms with Crippen LogP contribution >= 0.6 is 0 Å². The van der Waals surface area contributed by atoms with Gasteiger partial charge in [0.05, 0.1) is 18.7 Å². The van der Waals surface area contributed by atoms with Crippen molar-refractivity contribution < 1.29 is 12.7 Å². The van der Waals surface area contributed by atoms with E-state index in [0.29, 0.717) is 5.56 Å². The van der Waals surface area contributed by atoms with E-state index in [1.54, 1.807) is 30.3 Å². The lowest BCUT2D eigenvalue weighted by Crippen LogP contribution is -2.03. The van der Waals surface area contributed by atoms with Gasteiger partial charge in [-0.25, -0.2) is 0 Å². The van der Waals surface area contributed by atoms with Crippen LogP contribution in [0.2, 0.25) is 0 Å². The summed E-state index contributed by atoms with van der Waals surface area (Å²) >= 11 is 0. The molecule has 6 nitrogen and oxygen atoms in total. The van der Waals surface area contributed by atoms with Gasteiger partial charge in [0.15, 0.2) is 5.71 Å². The molecular weight excluding hydrogens is 254 g/mol. The Labute approximate surface area is 105 Å². The van der Waals surface area contributed by atoms with Gasteiger partial charge >= 0.3 is 10.1 Å². The molecule has 7 heteroatoms. The lowest BCUT2D eigenvalue weighted by molar-refractivity contribution is 0.344. The third-order valence-electron chi connectivity index (χ3n) is 1.88. The molecule has 0 atom stereocenters. The summed E-state index contributed by atoms with van der Waals surface area (Å²) in [5, 5.41) is 20.6. The average molecular weight is 263 g/mol. The number of nitrogens with zero attached hydrogens (tertiary/aromatic N) is 3. The second kappa shape index (κ2) is 5.80. The summed E-state index contributed by atoms with van der Waals surface area (Å²) in [6.45, 7) is 0. The molecule has 1 rings (SSSR count). The molecule has 0 aliphatic carbocycles. The fraction of sp³-hybridized carbons (Fsp3) is 0.182. The van der Waals surface area contributed by atoms with Crippen LogP contribution in [0.5, 0.6) is 0 Å². The fourth-order valence-electron chi connectivity index (χ4n) is 1.11. The van der Waals surface area contributed by atoms with Crippen molar-refractivity contribution in [2.45, 2.75) is 6.42 Å². The molecule has 0 amide bonds. The van der Waals surface area contributed by atoms with Crippen molar-refractivity contribution in [1.82, 2.24) is 0 Å². The standard InChI is InChI=1S/C11H9N3O3S/c1-18(15,16)17-14-11(8-13)10-4-2-9(3-5-10)6-7-12/h2-5H,6H2,1H3. The van der Waals surface area contributed by atoms with Gasteiger partial charge in [0.25, 0.3) is 0 Å². The Morgan fingerprint density at radius 3 is 2.39 bits per heavy atom. The molecule has 0 aliphatic rings. The summed E-state index contributed by atoms with van der Waals surface area (Å²) in [5.74, 6) is 0. The van der Waals surface area contributed by atoms with Gasteiger partial charge in [-0.2, -0.15) is 18.9 Å². The topological polar surface area (TPSA) is 103 Å². The molecule has 0 N–H and O–H groups in total. The zero-order valence-corrected chi connectivity index (χ0v) is 10.3. The highest BCUT2D eigenvalue weighted by Crippen LogP contribution is 2.07. The molecule has 0 heterocycles. The molecule has 0 unspecified atom stereocenters. The lowest BCUT2D eigenvalue weighted by atomic mass is 10.1. The minimum atomic E-state index is -3.74. The Hall–Kier alpha value is -2.38. The van der Waals surface area contributed by atoms with Crippen molar-refractivity contribution in [3.63, 3.8) is 0 Å². The molecule has 0 radical (unpaired) electrons. The molecule has 0 aromatic heterocycles. The Kier molecular flexibility index (Phi) is 4.41. The van der Waals surface area contributed by atoms with Gasteiger partial charge in [-0.05, 0) is 5.56 Å². The van der Waals surface area contributed by atoms with E-state index in [2.05, 4.69) is 9.44 Å². The first-order valence-electron chi connectivity index (χ1n) is 4.79. The maximum atomic E-state index is 10.7. The third-order valence-corrected chi connectivity index (χ3v) is 2.23. The van der Waals surface area contributed by atoms with E-state index in [1.807, 2.05) is 6.07 Å². The van der Waals surface area contributed by atoms with E-state index in [-0.39, 0.29) is 12.1 Å². The van der Waals surface area contributed by atoms with Crippen LogP contribution in [0.3, 0.4) is 0 Å². The highest BCUT2D eigenvalue weighted by Gasteiger charge is 2.06. The van der Waals surface area contributed by atoms with E-state index < -0.39 is 10.1 Å². The summed E-state index contributed by atoms with van der Waals surface area (Å²) in [6.07, 6.45) is 1.10. The second-order valence-corrected chi connectivity index (χ2v) is 4.92. The zero-order chi connectivity index (χ0) is 13.6. The maximum absolute atomic E-state index is 10.7. The molecular formula is C11H9N3O3S. The molecule has 0 saturated heterocycles. The predicted octanol–water partition coefficient (Wildman–Crippen LogP) is 0.957. The van der Waals surface area contributed by atoms with Crippen molar-refractivity contribution in [1.29, 1.82) is 10.5 Å². The number of benzene rings is 1. The average Bonchev–Trinajstić information content (AvgIpc) is 2.31. The molecule has 1 aromatic rings.